The van der Waals surface area contributed by atoms with E-state index in [2.05, 4.69) is 5.32 Å². The fraction of sp³-hybridized carbons (Fsp3) is 0.417. The average molecular weight is 274 g/mol. The van der Waals surface area contributed by atoms with Crippen LogP contribution in [0.1, 0.15) is 24.9 Å². The largest absolute Gasteiger partial charge is 0.504 e. The molecule has 2 N–H and O–H groups in total. The highest BCUT2D eigenvalue weighted by Gasteiger charge is 2.21. The summed E-state index contributed by atoms with van der Waals surface area (Å²) < 4.78 is 10.1. The molecule has 1 atom stereocenters. The van der Waals surface area contributed by atoms with Gasteiger partial charge in [0.25, 0.3) is 0 Å². The van der Waals surface area contributed by atoms with Gasteiger partial charge in [-0.3, -0.25) is 0 Å². The number of carbonyl (C=O) groups excluding carboxylic acids is 1. The Bertz CT molecular complexity index is 425. The van der Waals surface area contributed by atoms with Crippen LogP contribution in [0.4, 0.5) is 4.79 Å². The van der Waals surface area contributed by atoms with Gasteiger partial charge >= 0.3 is 6.09 Å². The zero-order valence-electron chi connectivity index (χ0n) is 10.0. The molecule has 1 fully saturated rings. The lowest BCUT2D eigenvalue weighted by Gasteiger charge is -2.24. The number of nitrogens with one attached hydrogen (secondary N) is 1. The average Bonchev–Trinajstić information content (AvgIpc) is 2.32. The van der Waals surface area contributed by atoms with Gasteiger partial charge in [-0.05, 0) is 24.6 Å². The standard InChI is InChI=1S/C12H15NO4.ClH/c1-2-16-11-7-8(3-4-10(11)14)9-5-6-17-12(15)13-9;/h3-4,7,9,14H,2,5-6H2,1H3,(H,13,15);1H/t9-;/m0./s1. The molecule has 1 amide bonds. The monoisotopic (exact) mass is 273 g/mol. The van der Waals surface area contributed by atoms with Gasteiger partial charge in [0.1, 0.15) is 0 Å². The molecule has 1 heterocycles. The molecule has 6 heteroatoms. The summed E-state index contributed by atoms with van der Waals surface area (Å²) in [5, 5.41) is 12.3. The van der Waals surface area contributed by atoms with Crippen molar-refractivity contribution in [1.82, 2.24) is 5.32 Å². The number of ether oxygens (including phenoxy) is 2. The second-order valence-corrected chi connectivity index (χ2v) is 3.78. The lowest BCUT2D eigenvalue weighted by molar-refractivity contribution is 0.115. The molecular formula is C12H16ClNO4. The SMILES string of the molecule is CCOc1cc([C@@H]2CCOC(=O)N2)ccc1O.Cl. The van der Waals surface area contributed by atoms with Gasteiger partial charge in [-0.1, -0.05) is 6.07 Å². The summed E-state index contributed by atoms with van der Waals surface area (Å²) in [7, 11) is 0. The second-order valence-electron chi connectivity index (χ2n) is 3.78. The number of phenols is 1. The van der Waals surface area contributed by atoms with E-state index in [1.807, 2.05) is 6.92 Å². The summed E-state index contributed by atoms with van der Waals surface area (Å²) >= 11 is 0. The predicted molar refractivity (Wildman–Crippen MR) is 68.4 cm³/mol. The lowest BCUT2D eigenvalue weighted by atomic mass is 10.0. The molecule has 2 rings (SSSR count). The molecule has 0 spiro atoms. The first-order chi connectivity index (χ1) is 8.20. The molecule has 0 bridgehead atoms. The maximum Gasteiger partial charge on any atom is 0.407 e. The predicted octanol–water partition coefficient (Wildman–Crippen LogP) is 2.38. The van der Waals surface area contributed by atoms with Crippen LogP contribution in [-0.2, 0) is 4.74 Å². The number of phenolic OH excluding ortho intramolecular Hbond substituents is 1. The molecule has 1 aromatic rings. The molecule has 1 saturated heterocycles. The second kappa shape index (κ2) is 6.35. The number of hydrogen-bond donors (Lipinski definition) is 2. The maximum absolute atomic E-state index is 11.1. The molecule has 1 aromatic carbocycles. The molecule has 0 radical (unpaired) electrons. The number of alkyl carbamates (subject to hydrolysis) is 1. The van der Waals surface area contributed by atoms with Gasteiger partial charge in [-0.25, -0.2) is 4.79 Å². The van der Waals surface area contributed by atoms with Crippen LogP contribution < -0.4 is 10.1 Å². The third-order valence-electron chi connectivity index (χ3n) is 2.62. The Labute approximate surface area is 112 Å². The first-order valence-corrected chi connectivity index (χ1v) is 5.59. The van der Waals surface area contributed by atoms with Gasteiger partial charge < -0.3 is 19.9 Å². The normalized spacial score (nSPS) is 18.3. The van der Waals surface area contributed by atoms with Gasteiger partial charge in [-0.2, -0.15) is 0 Å². The van der Waals surface area contributed by atoms with Crippen LogP contribution >= 0.6 is 12.4 Å². The van der Waals surface area contributed by atoms with E-state index in [1.165, 1.54) is 0 Å². The summed E-state index contributed by atoms with van der Waals surface area (Å²) in [4.78, 5) is 11.1. The van der Waals surface area contributed by atoms with Crippen LogP contribution in [0.25, 0.3) is 0 Å². The number of hydrogen-bond acceptors (Lipinski definition) is 4. The van der Waals surface area contributed by atoms with Crippen molar-refractivity contribution in [2.24, 2.45) is 0 Å². The van der Waals surface area contributed by atoms with Crippen LogP contribution in [0.15, 0.2) is 18.2 Å². The van der Waals surface area contributed by atoms with Gasteiger partial charge in [-0.15, -0.1) is 12.4 Å². The summed E-state index contributed by atoms with van der Waals surface area (Å²) in [5.74, 6) is 0.541. The summed E-state index contributed by atoms with van der Waals surface area (Å²) in [6.45, 7) is 2.74. The molecule has 0 saturated carbocycles. The van der Waals surface area contributed by atoms with Crippen LogP contribution in [0.3, 0.4) is 0 Å². The Morgan fingerprint density at radius 3 is 3.00 bits per heavy atom. The van der Waals surface area contributed by atoms with Crippen LogP contribution in [-0.4, -0.2) is 24.4 Å². The first kappa shape index (κ1) is 14.4. The number of cyclic esters (lactones) is 1. The molecule has 1 aliphatic heterocycles. The van der Waals surface area contributed by atoms with Gasteiger partial charge in [0.15, 0.2) is 11.5 Å². The van der Waals surface area contributed by atoms with Crippen molar-refractivity contribution in [2.45, 2.75) is 19.4 Å². The zero-order chi connectivity index (χ0) is 12.3. The van der Waals surface area contributed by atoms with Gasteiger partial charge in [0.2, 0.25) is 0 Å². The molecule has 1 aliphatic rings. The van der Waals surface area contributed by atoms with E-state index in [9.17, 15) is 9.90 Å². The minimum Gasteiger partial charge on any atom is -0.504 e. The Morgan fingerprint density at radius 2 is 2.33 bits per heavy atom. The summed E-state index contributed by atoms with van der Waals surface area (Å²) in [6, 6.07) is 5.00. The third kappa shape index (κ3) is 3.20. The van der Waals surface area contributed by atoms with Crippen molar-refractivity contribution < 1.29 is 19.4 Å². The Balaban J connectivity index is 0.00000162. The molecule has 18 heavy (non-hydrogen) atoms. The van der Waals surface area contributed by atoms with Crippen molar-refractivity contribution in [3.63, 3.8) is 0 Å². The van der Waals surface area contributed by atoms with E-state index in [0.29, 0.717) is 25.4 Å². The fourth-order valence-electron chi connectivity index (χ4n) is 1.79. The van der Waals surface area contributed by atoms with Crippen molar-refractivity contribution in [2.75, 3.05) is 13.2 Å². The topological polar surface area (TPSA) is 67.8 Å². The zero-order valence-corrected chi connectivity index (χ0v) is 10.8. The van der Waals surface area contributed by atoms with Crippen molar-refractivity contribution in [1.29, 1.82) is 0 Å². The van der Waals surface area contributed by atoms with E-state index in [-0.39, 0.29) is 24.2 Å². The van der Waals surface area contributed by atoms with Crippen molar-refractivity contribution >= 4 is 18.5 Å². The highest BCUT2D eigenvalue weighted by atomic mass is 35.5. The van der Waals surface area contributed by atoms with Crippen LogP contribution in [0.2, 0.25) is 0 Å². The molecule has 0 aromatic heterocycles. The van der Waals surface area contributed by atoms with Gasteiger partial charge in [0.05, 0.1) is 19.3 Å². The smallest absolute Gasteiger partial charge is 0.407 e. The minimum atomic E-state index is -0.410. The highest BCUT2D eigenvalue weighted by molar-refractivity contribution is 5.85. The number of aromatic hydroxyl groups is 1. The van der Waals surface area contributed by atoms with E-state index >= 15 is 0 Å². The first-order valence-electron chi connectivity index (χ1n) is 5.59. The third-order valence-corrected chi connectivity index (χ3v) is 2.62. The number of halogens is 1. The maximum atomic E-state index is 11.1. The van der Waals surface area contributed by atoms with E-state index in [1.54, 1.807) is 18.2 Å². The van der Waals surface area contributed by atoms with E-state index < -0.39 is 6.09 Å². The van der Waals surface area contributed by atoms with Crippen LogP contribution in [0.5, 0.6) is 11.5 Å². The highest BCUT2D eigenvalue weighted by Crippen LogP contribution is 2.31. The molecule has 0 aliphatic carbocycles. The summed E-state index contributed by atoms with van der Waals surface area (Å²) in [5.41, 5.74) is 0.905. The van der Waals surface area contributed by atoms with Crippen molar-refractivity contribution in [3.05, 3.63) is 23.8 Å². The van der Waals surface area contributed by atoms with Crippen LogP contribution in [0, 0.1) is 0 Å². The molecular weight excluding hydrogens is 258 g/mol. The number of benzene rings is 1. The Hall–Kier alpha value is -1.62. The van der Waals surface area contributed by atoms with Gasteiger partial charge in [0, 0.05) is 6.42 Å². The van der Waals surface area contributed by atoms with E-state index in [0.717, 1.165) is 5.56 Å². The Morgan fingerprint density at radius 1 is 1.56 bits per heavy atom. The fourth-order valence-corrected chi connectivity index (χ4v) is 1.79. The van der Waals surface area contributed by atoms with E-state index in [4.69, 9.17) is 9.47 Å². The molecule has 5 nitrogen and oxygen atoms in total. The number of amides is 1. The molecule has 0 unspecified atom stereocenters. The minimum absolute atomic E-state index is 0. The lowest BCUT2D eigenvalue weighted by Crippen LogP contribution is -2.35. The number of rotatable bonds is 3. The quantitative estimate of drug-likeness (QED) is 0.887. The number of carbonyl (C=O) groups is 1. The Kier molecular flexibility index (Phi) is 5.09. The summed E-state index contributed by atoms with van der Waals surface area (Å²) in [6.07, 6.45) is 0.300. The van der Waals surface area contributed by atoms with Crippen molar-refractivity contribution in [3.8, 4) is 11.5 Å². The molecule has 100 valence electrons.